The lowest BCUT2D eigenvalue weighted by Gasteiger charge is -2.32. The van der Waals surface area contributed by atoms with E-state index in [0.717, 1.165) is 11.0 Å². The lowest BCUT2D eigenvalue weighted by Crippen LogP contribution is -2.41. The summed E-state index contributed by atoms with van der Waals surface area (Å²) in [5.74, 6) is 0. The Morgan fingerprint density at radius 2 is 1.84 bits per heavy atom. The first-order chi connectivity index (χ1) is 8.78. The molecular weight excluding hydrogens is 262 g/mol. The van der Waals surface area contributed by atoms with Gasteiger partial charge in [-0.05, 0) is 33.3 Å². The van der Waals surface area contributed by atoms with E-state index in [4.69, 9.17) is 26.2 Å². The minimum absolute atomic E-state index is 0.209. The zero-order chi connectivity index (χ0) is 14.3. The molecule has 0 radical (unpaired) electrons. The maximum atomic E-state index is 8.91. The lowest BCUT2D eigenvalue weighted by atomic mass is 9.76. The van der Waals surface area contributed by atoms with Crippen molar-refractivity contribution in [1.82, 2.24) is 4.98 Å². The monoisotopic (exact) mass is 278 g/mol. The number of rotatable bonds is 2. The molecule has 2 rings (SSSR count). The van der Waals surface area contributed by atoms with Gasteiger partial charge in [0.05, 0.1) is 28.7 Å². The molecule has 6 heteroatoms. The third-order valence-corrected chi connectivity index (χ3v) is 4.13. The SMILES string of the molecule is CC1(C)OB(c2cncc(Cl)c2CC#N)OC1(C)C. The van der Waals surface area contributed by atoms with Crippen LogP contribution in [-0.2, 0) is 15.7 Å². The second kappa shape index (κ2) is 4.79. The Kier molecular flexibility index (Phi) is 3.61. The third-order valence-electron chi connectivity index (χ3n) is 3.80. The van der Waals surface area contributed by atoms with E-state index in [1.807, 2.05) is 27.7 Å². The molecule has 0 unspecified atom stereocenters. The van der Waals surface area contributed by atoms with E-state index < -0.39 is 18.3 Å². The Labute approximate surface area is 118 Å². The standard InChI is InChI=1S/C13H16BClN2O2/c1-12(2)13(3,4)19-14(18-12)10-7-17-8-11(15)9(10)5-6-16/h7-8H,5H2,1-4H3. The first kappa shape index (κ1) is 14.3. The highest BCUT2D eigenvalue weighted by Crippen LogP contribution is 2.36. The van der Waals surface area contributed by atoms with Crippen LogP contribution in [0.5, 0.6) is 0 Å². The van der Waals surface area contributed by atoms with Gasteiger partial charge in [-0.1, -0.05) is 11.6 Å². The van der Waals surface area contributed by atoms with E-state index in [9.17, 15) is 0 Å². The highest BCUT2D eigenvalue weighted by Gasteiger charge is 2.52. The average molecular weight is 279 g/mol. The normalized spacial score (nSPS) is 20.3. The Morgan fingerprint density at radius 1 is 1.26 bits per heavy atom. The van der Waals surface area contributed by atoms with Crippen molar-refractivity contribution in [3.63, 3.8) is 0 Å². The summed E-state index contributed by atoms with van der Waals surface area (Å²) in [7, 11) is -0.542. The van der Waals surface area contributed by atoms with Gasteiger partial charge in [-0.2, -0.15) is 5.26 Å². The number of halogens is 1. The lowest BCUT2D eigenvalue weighted by molar-refractivity contribution is 0.00578. The van der Waals surface area contributed by atoms with Gasteiger partial charge in [-0.25, -0.2) is 0 Å². The van der Waals surface area contributed by atoms with Gasteiger partial charge in [-0.15, -0.1) is 0 Å². The molecule has 1 fully saturated rings. The molecule has 1 saturated heterocycles. The van der Waals surface area contributed by atoms with E-state index in [-0.39, 0.29) is 6.42 Å². The van der Waals surface area contributed by atoms with Crippen LogP contribution in [0.2, 0.25) is 5.02 Å². The van der Waals surface area contributed by atoms with Crippen molar-refractivity contribution in [2.45, 2.75) is 45.3 Å². The number of hydrogen-bond acceptors (Lipinski definition) is 4. The van der Waals surface area contributed by atoms with Crippen LogP contribution in [0.4, 0.5) is 0 Å². The maximum absolute atomic E-state index is 8.91. The largest absolute Gasteiger partial charge is 0.496 e. The summed E-state index contributed by atoms with van der Waals surface area (Å²) in [6.45, 7) is 7.92. The molecule has 0 spiro atoms. The highest BCUT2D eigenvalue weighted by molar-refractivity contribution is 6.63. The molecule has 0 aliphatic carbocycles. The molecule has 0 amide bonds. The van der Waals surface area contributed by atoms with Gasteiger partial charge < -0.3 is 9.31 Å². The number of pyridine rings is 1. The average Bonchev–Trinajstić information content (AvgIpc) is 2.51. The van der Waals surface area contributed by atoms with Gasteiger partial charge >= 0.3 is 7.12 Å². The number of hydrogen-bond donors (Lipinski definition) is 0. The quantitative estimate of drug-likeness (QED) is 0.778. The van der Waals surface area contributed by atoms with Crippen LogP contribution in [0.3, 0.4) is 0 Å². The van der Waals surface area contributed by atoms with E-state index in [0.29, 0.717) is 5.02 Å². The Hall–Kier alpha value is -1.09. The summed E-state index contributed by atoms with van der Waals surface area (Å²) in [6.07, 6.45) is 3.39. The van der Waals surface area contributed by atoms with Gasteiger partial charge in [0.25, 0.3) is 0 Å². The fourth-order valence-electron chi connectivity index (χ4n) is 1.92. The summed E-state index contributed by atoms with van der Waals surface area (Å²) >= 11 is 6.10. The van der Waals surface area contributed by atoms with Crippen molar-refractivity contribution in [3.8, 4) is 6.07 Å². The van der Waals surface area contributed by atoms with E-state index in [1.165, 1.54) is 6.20 Å². The first-order valence-corrected chi connectivity index (χ1v) is 6.51. The molecule has 1 aromatic heterocycles. The summed E-state index contributed by atoms with van der Waals surface area (Å²) in [5.41, 5.74) is 0.596. The Morgan fingerprint density at radius 3 is 2.37 bits per heavy atom. The van der Waals surface area contributed by atoms with E-state index in [1.54, 1.807) is 6.20 Å². The fraction of sp³-hybridized carbons (Fsp3) is 0.538. The van der Waals surface area contributed by atoms with Gasteiger partial charge in [0, 0.05) is 17.9 Å². The molecule has 100 valence electrons. The maximum Gasteiger partial charge on any atom is 0.496 e. The van der Waals surface area contributed by atoms with Crippen molar-refractivity contribution in [1.29, 1.82) is 5.26 Å². The topological polar surface area (TPSA) is 55.1 Å². The summed E-state index contributed by atoms with van der Waals surface area (Å²) in [4.78, 5) is 4.07. The van der Waals surface area contributed by atoms with E-state index in [2.05, 4.69) is 11.1 Å². The molecule has 0 bridgehead atoms. The van der Waals surface area contributed by atoms with Crippen LogP contribution in [0, 0.1) is 11.3 Å². The molecule has 0 aromatic carbocycles. The Balaban J connectivity index is 2.40. The van der Waals surface area contributed by atoms with E-state index >= 15 is 0 Å². The van der Waals surface area contributed by atoms with Crippen molar-refractivity contribution in [2.24, 2.45) is 0 Å². The third kappa shape index (κ3) is 2.48. The smallest absolute Gasteiger partial charge is 0.399 e. The summed E-state index contributed by atoms with van der Waals surface area (Å²) in [5, 5.41) is 9.37. The molecule has 1 aliphatic heterocycles. The zero-order valence-electron chi connectivity index (χ0n) is 11.5. The second-order valence-electron chi connectivity index (χ2n) is 5.61. The van der Waals surface area contributed by atoms with Gasteiger partial charge in [-0.3, -0.25) is 4.98 Å². The molecule has 1 aliphatic rings. The van der Waals surface area contributed by atoms with Gasteiger partial charge in [0.1, 0.15) is 0 Å². The van der Waals surface area contributed by atoms with Crippen molar-refractivity contribution < 1.29 is 9.31 Å². The molecule has 4 nitrogen and oxygen atoms in total. The summed E-state index contributed by atoms with van der Waals surface area (Å²) in [6, 6.07) is 2.11. The molecule has 0 atom stereocenters. The van der Waals surface area contributed by atoms with Crippen molar-refractivity contribution in [3.05, 3.63) is 23.0 Å². The fourth-order valence-corrected chi connectivity index (χ4v) is 2.15. The van der Waals surface area contributed by atoms with Crippen LogP contribution < -0.4 is 5.46 Å². The van der Waals surface area contributed by atoms with Crippen LogP contribution in [0.25, 0.3) is 0 Å². The van der Waals surface area contributed by atoms with Gasteiger partial charge in [0.15, 0.2) is 0 Å². The first-order valence-electron chi connectivity index (χ1n) is 6.13. The van der Waals surface area contributed by atoms with Crippen LogP contribution >= 0.6 is 11.6 Å². The molecule has 0 N–H and O–H groups in total. The number of nitriles is 1. The van der Waals surface area contributed by atoms with Crippen molar-refractivity contribution >= 4 is 24.2 Å². The highest BCUT2D eigenvalue weighted by atomic mass is 35.5. The molecule has 2 heterocycles. The minimum atomic E-state index is -0.542. The van der Waals surface area contributed by atoms with Crippen molar-refractivity contribution in [2.75, 3.05) is 0 Å². The molecule has 1 aromatic rings. The zero-order valence-corrected chi connectivity index (χ0v) is 12.3. The second-order valence-corrected chi connectivity index (χ2v) is 6.02. The number of aromatic nitrogens is 1. The van der Waals surface area contributed by atoms with Crippen LogP contribution in [0.15, 0.2) is 12.4 Å². The predicted molar refractivity (Wildman–Crippen MR) is 74.3 cm³/mol. The van der Waals surface area contributed by atoms with Crippen LogP contribution in [0.1, 0.15) is 33.3 Å². The Bertz CT molecular complexity index is 524. The molecule has 0 saturated carbocycles. The van der Waals surface area contributed by atoms with Gasteiger partial charge in [0.2, 0.25) is 0 Å². The molecular formula is C13H16BClN2O2. The summed E-state index contributed by atoms with van der Waals surface area (Å²) < 4.78 is 11.9. The molecule has 19 heavy (non-hydrogen) atoms. The predicted octanol–water partition coefficient (Wildman–Crippen LogP) is 2.10. The van der Waals surface area contributed by atoms with Crippen LogP contribution in [-0.4, -0.2) is 23.3 Å². The minimum Gasteiger partial charge on any atom is -0.399 e. The number of nitrogens with zero attached hydrogens (tertiary/aromatic N) is 2.